The van der Waals surface area contributed by atoms with Crippen LogP contribution < -0.4 is 0 Å². The zero-order valence-corrected chi connectivity index (χ0v) is 6.49. The molecule has 0 spiro atoms. The van der Waals surface area contributed by atoms with Gasteiger partial charge in [-0.1, -0.05) is 0 Å². The molecule has 0 bridgehead atoms. The molecule has 1 aliphatic heterocycles. The van der Waals surface area contributed by atoms with Gasteiger partial charge in [-0.2, -0.15) is 12.6 Å². The van der Waals surface area contributed by atoms with Crippen LogP contribution in [-0.4, -0.2) is 29.1 Å². The second-order valence-electron chi connectivity index (χ2n) is 2.47. The van der Waals surface area contributed by atoms with Crippen molar-refractivity contribution in [1.29, 1.82) is 5.41 Å². The Kier molecular flexibility index (Phi) is 2.01. The highest BCUT2D eigenvalue weighted by atomic mass is 32.1. The first-order valence-electron chi connectivity index (χ1n) is 3.18. The summed E-state index contributed by atoms with van der Waals surface area (Å²) in [6, 6.07) is 0. The second-order valence-corrected chi connectivity index (χ2v) is 3.20. The lowest BCUT2D eigenvalue weighted by atomic mass is 10.4. The van der Waals surface area contributed by atoms with Gasteiger partial charge in [0.05, 0.1) is 5.84 Å². The largest absolute Gasteiger partial charge is 0.360 e. The van der Waals surface area contributed by atoms with Crippen LogP contribution >= 0.6 is 12.6 Å². The molecule has 52 valence electrons. The second kappa shape index (κ2) is 2.60. The maximum Gasteiger partial charge on any atom is 0.0926 e. The molecule has 2 nitrogen and oxygen atoms in total. The Balaban J connectivity index is 2.39. The van der Waals surface area contributed by atoms with Crippen LogP contribution in [0.5, 0.6) is 0 Å². The number of thiol groups is 1. The van der Waals surface area contributed by atoms with Crippen molar-refractivity contribution in [2.24, 2.45) is 0 Å². The van der Waals surface area contributed by atoms with Gasteiger partial charge in [-0.05, 0) is 13.3 Å². The lowest BCUT2D eigenvalue weighted by molar-refractivity contribution is 0.514. The molecule has 0 amide bonds. The Morgan fingerprint density at radius 1 is 1.78 bits per heavy atom. The standard InChI is InChI=1S/C6H12N2S/c1-5(7)8-3-2-6(9)4-8/h6-7,9H,2-4H2,1H3. The first-order valence-corrected chi connectivity index (χ1v) is 3.70. The summed E-state index contributed by atoms with van der Waals surface area (Å²) in [7, 11) is 0. The Morgan fingerprint density at radius 3 is 2.67 bits per heavy atom. The Labute approximate surface area is 61.2 Å². The van der Waals surface area contributed by atoms with Crippen LogP contribution in [0.15, 0.2) is 0 Å². The summed E-state index contributed by atoms with van der Waals surface area (Å²) in [5.74, 6) is 0.673. The number of nitrogens with one attached hydrogen (secondary N) is 1. The van der Waals surface area contributed by atoms with Gasteiger partial charge in [0.15, 0.2) is 0 Å². The molecule has 0 aliphatic carbocycles. The van der Waals surface area contributed by atoms with Crippen molar-refractivity contribution >= 4 is 18.5 Å². The molecule has 1 heterocycles. The van der Waals surface area contributed by atoms with E-state index >= 15 is 0 Å². The SMILES string of the molecule is CC(=N)N1CCC(S)C1. The molecule has 1 N–H and O–H groups in total. The summed E-state index contributed by atoms with van der Waals surface area (Å²) in [6.07, 6.45) is 1.12. The van der Waals surface area contributed by atoms with E-state index in [1.807, 2.05) is 6.92 Å². The monoisotopic (exact) mass is 144 g/mol. The van der Waals surface area contributed by atoms with E-state index in [9.17, 15) is 0 Å². The van der Waals surface area contributed by atoms with Gasteiger partial charge < -0.3 is 4.90 Å². The van der Waals surface area contributed by atoms with Crippen LogP contribution in [0.3, 0.4) is 0 Å². The van der Waals surface area contributed by atoms with E-state index < -0.39 is 0 Å². The molecular formula is C6H12N2S. The maximum atomic E-state index is 7.27. The summed E-state index contributed by atoms with van der Waals surface area (Å²) in [5, 5.41) is 7.76. The Hall–Kier alpha value is -0.180. The minimum atomic E-state index is 0.491. The minimum Gasteiger partial charge on any atom is -0.360 e. The highest BCUT2D eigenvalue weighted by Crippen LogP contribution is 2.13. The van der Waals surface area contributed by atoms with Crippen LogP contribution in [0, 0.1) is 5.41 Å². The van der Waals surface area contributed by atoms with E-state index in [0.717, 1.165) is 19.5 Å². The molecule has 3 heteroatoms. The fourth-order valence-electron chi connectivity index (χ4n) is 1.05. The lowest BCUT2D eigenvalue weighted by Gasteiger charge is -2.14. The number of hydrogen-bond acceptors (Lipinski definition) is 2. The molecule has 1 atom stereocenters. The number of amidine groups is 1. The molecule has 0 saturated carbocycles. The van der Waals surface area contributed by atoms with Crippen molar-refractivity contribution in [2.45, 2.75) is 18.6 Å². The van der Waals surface area contributed by atoms with Crippen molar-refractivity contribution in [2.75, 3.05) is 13.1 Å². The van der Waals surface area contributed by atoms with Crippen LogP contribution in [0.2, 0.25) is 0 Å². The van der Waals surface area contributed by atoms with Crippen LogP contribution in [0.25, 0.3) is 0 Å². The molecule has 1 aliphatic rings. The Bertz CT molecular complexity index is 124. The van der Waals surface area contributed by atoms with E-state index in [2.05, 4.69) is 17.5 Å². The highest BCUT2D eigenvalue weighted by Gasteiger charge is 2.18. The van der Waals surface area contributed by atoms with Gasteiger partial charge in [0.1, 0.15) is 0 Å². The van der Waals surface area contributed by atoms with E-state index in [1.165, 1.54) is 0 Å². The van der Waals surface area contributed by atoms with E-state index in [-0.39, 0.29) is 0 Å². The molecule has 0 aromatic rings. The Morgan fingerprint density at radius 2 is 2.44 bits per heavy atom. The number of likely N-dealkylation sites (tertiary alicyclic amines) is 1. The van der Waals surface area contributed by atoms with Gasteiger partial charge in [0.2, 0.25) is 0 Å². The fourth-order valence-corrected chi connectivity index (χ4v) is 1.36. The average molecular weight is 144 g/mol. The number of rotatable bonds is 0. The van der Waals surface area contributed by atoms with Gasteiger partial charge in [-0.25, -0.2) is 0 Å². The fraction of sp³-hybridized carbons (Fsp3) is 0.833. The summed E-state index contributed by atoms with van der Waals surface area (Å²) >= 11 is 4.31. The summed E-state index contributed by atoms with van der Waals surface area (Å²) in [6.45, 7) is 3.80. The summed E-state index contributed by atoms with van der Waals surface area (Å²) in [5.41, 5.74) is 0. The zero-order chi connectivity index (χ0) is 6.85. The molecular weight excluding hydrogens is 132 g/mol. The first-order chi connectivity index (χ1) is 4.20. The van der Waals surface area contributed by atoms with E-state index in [4.69, 9.17) is 5.41 Å². The van der Waals surface area contributed by atoms with Gasteiger partial charge in [0, 0.05) is 18.3 Å². The van der Waals surface area contributed by atoms with Crippen LogP contribution in [0.4, 0.5) is 0 Å². The van der Waals surface area contributed by atoms with E-state index in [0.29, 0.717) is 11.1 Å². The zero-order valence-electron chi connectivity index (χ0n) is 5.59. The lowest BCUT2D eigenvalue weighted by Crippen LogP contribution is -2.25. The molecule has 9 heavy (non-hydrogen) atoms. The topological polar surface area (TPSA) is 27.1 Å². The van der Waals surface area contributed by atoms with Gasteiger partial charge >= 0.3 is 0 Å². The van der Waals surface area contributed by atoms with Crippen molar-refractivity contribution in [1.82, 2.24) is 4.90 Å². The number of nitrogens with zero attached hydrogens (tertiary/aromatic N) is 1. The van der Waals surface area contributed by atoms with E-state index in [1.54, 1.807) is 0 Å². The van der Waals surface area contributed by atoms with Crippen molar-refractivity contribution in [3.63, 3.8) is 0 Å². The molecule has 1 fully saturated rings. The third-order valence-corrected chi connectivity index (χ3v) is 2.06. The first kappa shape index (κ1) is 6.93. The summed E-state index contributed by atoms with van der Waals surface area (Å²) in [4.78, 5) is 2.05. The maximum absolute atomic E-state index is 7.27. The number of hydrogen-bond donors (Lipinski definition) is 2. The van der Waals surface area contributed by atoms with Crippen molar-refractivity contribution in [3.05, 3.63) is 0 Å². The average Bonchev–Trinajstić information content (AvgIpc) is 2.14. The molecule has 0 aromatic carbocycles. The molecule has 0 radical (unpaired) electrons. The molecule has 1 rings (SSSR count). The van der Waals surface area contributed by atoms with Gasteiger partial charge in [-0.15, -0.1) is 0 Å². The molecule has 1 unspecified atom stereocenters. The molecule has 1 saturated heterocycles. The quantitative estimate of drug-likeness (QED) is 0.296. The highest BCUT2D eigenvalue weighted by molar-refractivity contribution is 7.81. The van der Waals surface area contributed by atoms with Crippen LogP contribution in [0.1, 0.15) is 13.3 Å². The van der Waals surface area contributed by atoms with Gasteiger partial charge in [-0.3, -0.25) is 5.41 Å². The third kappa shape index (κ3) is 1.61. The van der Waals surface area contributed by atoms with Crippen molar-refractivity contribution in [3.8, 4) is 0 Å². The molecule has 0 aromatic heterocycles. The predicted molar refractivity (Wildman–Crippen MR) is 42.4 cm³/mol. The smallest absolute Gasteiger partial charge is 0.0926 e. The minimum absolute atomic E-state index is 0.491. The normalized spacial score (nSPS) is 26.9. The predicted octanol–water partition coefficient (Wildman–Crippen LogP) is 0.988. The third-order valence-electron chi connectivity index (χ3n) is 1.64. The van der Waals surface area contributed by atoms with Gasteiger partial charge in [0.25, 0.3) is 0 Å². The summed E-state index contributed by atoms with van der Waals surface area (Å²) < 4.78 is 0. The van der Waals surface area contributed by atoms with Crippen molar-refractivity contribution < 1.29 is 0 Å². The van der Waals surface area contributed by atoms with Crippen LogP contribution in [-0.2, 0) is 0 Å².